The zero-order valence-electron chi connectivity index (χ0n) is 11.1. The molecule has 0 spiro atoms. The van der Waals surface area contributed by atoms with Gasteiger partial charge in [0.1, 0.15) is 5.75 Å². The average molecular weight is 221 g/mol. The van der Waals surface area contributed by atoms with Crippen LogP contribution in [-0.4, -0.2) is 25.6 Å². The third-order valence-corrected chi connectivity index (χ3v) is 2.96. The maximum atomic E-state index is 5.45. The van der Waals surface area contributed by atoms with Gasteiger partial charge in [0.05, 0.1) is 7.11 Å². The van der Waals surface area contributed by atoms with Crippen molar-refractivity contribution in [2.75, 3.05) is 20.7 Å². The lowest BCUT2D eigenvalue weighted by Gasteiger charge is -2.17. The van der Waals surface area contributed by atoms with Gasteiger partial charge in [-0.25, -0.2) is 0 Å². The van der Waals surface area contributed by atoms with E-state index in [1.807, 2.05) is 0 Å². The van der Waals surface area contributed by atoms with E-state index in [1.54, 1.807) is 7.11 Å². The number of rotatable bonds is 5. The lowest BCUT2D eigenvalue weighted by molar-refractivity contribution is 0.333. The monoisotopic (exact) mass is 221 g/mol. The molecule has 0 bridgehead atoms. The smallest absolute Gasteiger partial charge is 0.123 e. The Morgan fingerprint density at radius 2 is 2.00 bits per heavy atom. The van der Waals surface area contributed by atoms with Gasteiger partial charge in [-0.1, -0.05) is 32.9 Å². The molecule has 0 aliphatic rings. The van der Waals surface area contributed by atoms with Gasteiger partial charge >= 0.3 is 0 Å². The molecule has 0 heterocycles. The predicted octanol–water partition coefficient (Wildman–Crippen LogP) is 3.27. The highest BCUT2D eigenvalue weighted by atomic mass is 16.5. The highest BCUT2D eigenvalue weighted by Gasteiger charge is 2.08. The minimum atomic E-state index is 0.548. The van der Waals surface area contributed by atoms with Crippen molar-refractivity contribution in [3.8, 4) is 5.75 Å². The predicted molar refractivity (Wildman–Crippen MR) is 69.1 cm³/mol. The van der Waals surface area contributed by atoms with E-state index in [4.69, 9.17) is 4.74 Å². The number of hydrogen-bond donors (Lipinski definition) is 0. The maximum absolute atomic E-state index is 5.45. The quantitative estimate of drug-likeness (QED) is 0.756. The fourth-order valence-corrected chi connectivity index (χ4v) is 1.65. The van der Waals surface area contributed by atoms with Gasteiger partial charge in [-0.15, -0.1) is 0 Å². The third kappa shape index (κ3) is 3.24. The summed E-state index contributed by atoms with van der Waals surface area (Å²) in [7, 11) is 3.87. The first-order valence-corrected chi connectivity index (χ1v) is 5.93. The summed E-state index contributed by atoms with van der Waals surface area (Å²) in [4.78, 5) is 2.27. The summed E-state index contributed by atoms with van der Waals surface area (Å²) in [5.41, 5.74) is 2.59. The van der Waals surface area contributed by atoms with Crippen molar-refractivity contribution in [3.63, 3.8) is 0 Å². The van der Waals surface area contributed by atoms with Crippen LogP contribution >= 0.6 is 0 Å². The molecule has 2 heteroatoms. The third-order valence-electron chi connectivity index (χ3n) is 2.96. The van der Waals surface area contributed by atoms with Crippen LogP contribution in [0.4, 0.5) is 0 Å². The fraction of sp³-hybridized carbons (Fsp3) is 0.571. The molecule has 0 amide bonds. The summed E-state index contributed by atoms with van der Waals surface area (Å²) >= 11 is 0. The highest BCUT2D eigenvalue weighted by Crippen LogP contribution is 2.25. The van der Waals surface area contributed by atoms with Crippen LogP contribution in [0.15, 0.2) is 18.2 Å². The summed E-state index contributed by atoms with van der Waals surface area (Å²) < 4.78 is 5.45. The molecule has 90 valence electrons. The Balaban J connectivity index is 2.93. The molecule has 0 aliphatic heterocycles. The van der Waals surface area contributed by atoms with Crippen LogP contribution in [0.3, 0.4) is 0 Å². The molecule has 0 radical (unpaired) electrons. The number of nitrogens with zero attached hydrogens (tertiary/aromatic N) is 1. The molecule has 0 unspecified atom stereocenters. The Kier molecular flexibility index (Phi) is 4.81. The van der Waals surface area contributed by atoms with E-state index in [2.05, 4.69) is 50.9 Å². The average Bonchev–Trinajstić information content (AvgIpc) is 2.29. The molecular formula is C14H23NO. The molecule has 0 aromatic heterocycles. The normalized spacial score (nSPS) is 11.2. The van der Waals surface area contributed by atoms with Gasteiger partial charge in [0.15, 0.2) is 0 Å². The fourth-order valence-electron chi connectivity index (χ4n) is 1.65. The van der Waals surface area contributed by atoms with Crippen molar-refractivity contribution in [3.05, 3.63) is 29.3 Å². The Morgan fingerprint density at radius 3 is 2.50 bits per heavy atom. The standard InChI is InChI=1S/C14H23NO/c1-6-15(4)10-13-8-7-12(11(2)3)9-14(13)16-5/h7-9,11H,6,10H2,1-5H3. The number of ether oxygens (including phenoxy) is 1. The second-order valence-corrected chi connectivity index (χ2v) is 4.56. The number of hydrogen-bond acceptors (Lipinski definition) is 2. The molecule has 16 heavy (non-hydrogen) atoms. The van der Waals surface area contributed by atoms with Gasteiger partial charge in [-0.05, 0) is 31.1 Å². The van der Waals surface area contributed by atoms with Gasteiger partial charge in [-0.3, -0.25) is 0 Å². The van der Waals surface area contributed by atoms with Crippen LogP contribution in [0.1, 0.15) is 37.8 Å². The lowest BCUT2D eigenvalue weighted by atomic mass is 10.0. The molecule has 2 nitrogen and oxygen atoms in total. The summed E-state index contributed by atoms with van der Waals surface area (Å²) in [5, 5.41) is 0. The van der Waals surface area contributed by atoms with E-state index in [-0.39, 0.29) is 0 Å². The van der Waals surface area contributed by atoms with Crippen molar-refractivity contribution in [2.45, 2.75) is 33.2 Å². The molecule has 0 N–H and O–H groups in total. The second-order valence-electron chi connectivity index (χ2n) is 4.56. The molecule has 0 saturated heterocycles. The Hall–Kier alpha value is -1.02. The van der Waals surface area contributed by atoms with Crippen LogP contribution in [0, 0.1) is 0 Å². The molecule has 0 aliphatic carbocycles. The lowest BCUT2D eigenvalue weighted by Crippen LogP contribution is -2.17. The molecule has 1 rings (SSSR count). The van der Waals surface area contributed by atoms with Crippen molar-refractivity contribution in [2.24, 2.45) is 0 Å². The van der Waals surface area contributed by atoms with E-state index >= 15 is 0 Å². The summed E-state index contributed by atoms with van der Waals surface area (Å²) in [6, 6.07) is 6.54. The van der Waals surface area contributed by atoms with Crippen molar-refractivity contribution in [1.82, 2.24) is 4.90 Å². The maximum Gasteiger partial charge on any atom is 0.123 e. The van der Waals surface area contributed by atoms with Crippen molar-refractivity contribution >= 4 is 0 Å². The molecular weight excluding hydrogens is 198 g/mol. The van der Waals surface area contributed by atoms with Gasteiger partial charge in [-0.2, -0.15) is 0 Å². The first-order chi connectivity index (χ1) is 7.58. The topological polar surface area (TPSA) is 12.5 Å². The molecule has 0 fully saturated rings. The van der Waals surface area contributed by atoms with Crippen LogP contribution < -0.4 is 4.74 Å². The van der Waals surface area contributed by atoms with Crippen LogP contribution in [0.2, 0.25) is 0 Å². The van der Waals surface area contributed by atoms with Gasteiger partial charge in [0, 0.05) is 12.1 Å². The Morgan fingerprint density at radius 1 is 1.31 bits per heavy atom. The van der Waals surface area contributed by atoms with E-state index in [0.717, 1.165) is 18.8 Å². The van der Waals surface area contributed by atoms with Crippen LogP contribution in [0.25, 0.3) is 0 Å². The minimum Gasteiger partial charge on any atom is -0.496 e. The Bertz CT molecular complexity index is 334. The zero-order chi connectivity index (χ0) is 12.1. The first-order valence-electron chi connectivity index (χ1n) is 5.93. The molecule has 0 atom stereocenters. The van der Waals surface area contributed by atoms with Crippen LogP contribution in [0.5, 0.6) is 5.75 Å². The van der Waals surface area contributed by atoms with Crippen LogP contribution in [-0.2, 0) is 6.54 Å². The summed E-state index contributed by atoms with van der Waals surface area (Å²) in [5.74, 6) is 1.55. The molecule has 0 saturated carbocycles. The largest absolute Gasteiger partial charge is 0.496 e. The SMILES string of the molecule is CCN(C)Cc1ccc(C(C)C)cc1OC. The second kappa shape index (κ2) is 5.90. The van der Waals surface area contributed by atoms with E-state index in [0.29, 0.717) is 5.92 Å². The highest BCUT2D eigenvalue weighted by molar-refractivity contribution is 5.38. The van der Waals surface area contributed by atoms with E-state index in [9.17, 15) is 0 Å². The van der Waals surface area contributed by atoms with E-state index in [1.165, 1.54) is 11.1 Å². The Labute approximate surface area is 99.2 Å². The van der Waals surface area contributed by atoms with Gasteiger partial charge in [0.2, 0.25) is 0 Å². The number of methoxy groups -OCH3 is 1. The van der Waals surface area contributed by atoms with Gasteiger partial charge < -0.3 is 9.64 Å². The summed E-state index contributed by atoms with van der Waals surface area (Å²) in [6.45, 7) is 8.56. The summed E-state index contributed by atoms with van der Waals surface area (Å²) in [6.07, 6.45) is 0. The minimum absolute atomic E-state index is 0.548. The van der Waals surface area contributed by atoms with E-state index < -0.39 is 0 Å². The van der Waals surface area contributed by atoms with Gasteiger partial charge in [0.25, 0.3) is 0 Å². The molecule has 1 aromatic carbocycles. The first kappa shape index (κ1) is 13.0. The number of benzene rings is 1. The van der Waals surface area contributed by atoms with Crippen molar-refractivity contribution < 1.29 is 4.74 Å². The van der Waals surface area contributed by atoms with Crippen molar-refractivity contribution in [1.29, 1.82) is 0 Å². The zero-order valence-corrected chi connectivity index (χ0v) is 11.1. The molecule has 1 aromatic rings.